The molecule has 0 spiro atoms. The van der Waals surface area contributed by atoms with Crippen molar-refractivity contribution in [3.8, 4) is 28.4 Å². The smallest absolute Gasteiger partial charge is 0.247 e. The number of aromatic nitrogens is 4. The molecule has 49 heavy (non-hydrogen) atoms. The highest BCUT2D eigenvalue weighted by molar-refractivity contribution is 5.97. The Labute approximate surface area is 285 Å². The van der Waals surface area contributed by atoms with Crippen LogP contribution in [-0.2, 0) is 28.9 Å². The maximum Gasteiger partial charge on any atom is 0.247 e. The third-order valence-electron chi connectivity index (χ3n) is 8.97. The quantitative estimate of drug-likeness (QED) is 0.158. The van der Waals surface area contributed by atoms with Gasteiger partial charge in [0.1, 0.15) is 6.04 Å². The Morgan fingerprint density at radius 2 is 1.76 bits per heavy atom. The summed E-state index contributed by atoms with van der Waals surface area (Å²) in [6.45, 7) is 5.42. The number of carbonyl (C=O) groups excluding carboxylic acids is 2. The van der Waals surface area contributed by atoms with Gasteiger partial charge in [-0.25, -0.2) is 0 Å². The predicted octanol–water partition coefficient (Wildman–Crippen LogP) is 4.63. The van der Waals surface area contributed by atoms with Crippen molar-refractivity contribution in [3.05, 3.63) is 81.3 Å². The molecule has 5 rings (SSSR count). The first-order valence-electron chi connectivity index (χ1n) is 16.3. The minimum Gasteiger partial charge on any atom is -0.493 e. The van der Waals surface area contributed by atoms with Gasteiger partial charge in [-0.15, -0.1) is 10.2 Å². The number of anilines is 2. The molecule has 4 N–H and O–H groups in total. The monoisotopic (exact) mass is 669 g/mol. The lowest BCUT2D eigenvalue weighted by Gasteiger charge is -2.24. The number of tetrazole rings is 1. The van der Waals surface area contributed by atoms with E-state index in [1.165, 1.54) is 6.92 Å². The minimum absolute atomic E-state index is 0.110. The van der Waals surface area contributed by atoms with Crippen LogP contribution in [0.25, 0.3) is 11.1 Å². The lowest BCUT2D eigenvalue weighted by molar-refractivity contribution is -0.120. The number of hydrogen-bond acceptors (Lipinski definition) is 10. The number of aromatic amines is 1. The van der Waals surface area contributed by atoms with E-state index in [4.69, 9.17) is 14.2 Å². The topological polar surface area (TPSA) is 169 Å². The molecule has 1 heterocycles. The van der Waals surface area contributed by atoms with Crippen LogP contribution in [0.15, 0.2) is 53.3 Å². The SMILES string of the molecule is CC[C@H](C)[C@@H](Nc1ccc2c(cc1=O)[C@H](NC(C)=O)CCc1cc(OC)c(OC)c(OC)c1-2)C(=O)Nc1ccc(CCc2nn[nH]n2)cc1. The molecule has 4 aromatic rings. The lowest BCUT2D eigenvalue weighted by atomic mass is 9.95. The molecule has 258 valence electrons. The Balaban J connectivity index is 1.48. The number of methoxy groups -OCH3 is 3. The van der Waals surface area contributed by atoms with Crippen LogP contribution in [-0.4, -0.2) is 59.8 Å². The van der Waals surface area contributed by atoms with Crippen LogP contribution >= 0.6 is 0 Å². The van der Waals surface area contributed by atoms with E-state index in [9.17, 15) is 14.4 Å². The van der Waals surface area contributed by atoms with Crippen LogP contribution < -0.4 is 35.6 Å². The normalized spacial score (nSPS) is 14.7. The predicted molar refractivity (Wildman–Crippen MR) is 186 cm³/mol. The molecule has 0 radical (unpaired) electrons. The summed E-state index contributed by atoms with van der Waals surface area (Å²) in [5.74, 6) is 1.46. The largest absolute Gasteiger partial charge is 0.493 e. The standard InChI is InChI=1S/C36H43N7O6/c1-7-20(2)33(36(46)38-24-12-8-22(9-13-24)10-17-31-40-42-43-41-31)39-28-16-14-25-26(19-29(28)45)27(37-21(3)44)15-11-23-18-30(47-4)34(48-5)35(49-6)32(23)25/h8-9,12-14,16,18-20,27,33H,7,10-11,15,17H2,1-6H3,(H,37,44)(H,38,46)(H,39,45)(H,40,41,42,43)/t20-,27+,33+/m0/s1. The van der Waals surface area contributed by atoms with E-state index >= 15 is 0 Å². The Bertz CT molecular complexity index is 1850. The zero-order valence-electron chi connectivity index (χ0n) is 28.7. The highest BCUT2D eigenvalue weighted by atomic mass is 16.5. The van der Waals surface area contributed by atoms with Gasteiger partial charge in [0, 0.05) is 24.6 Å². The van der Waals surface area contributed by atoms with E-state index in [1.807, 2.05) is 50.2 Å². The fourth-order valence-electron chi connectivity index (χ4n) is 6.22. The molecule has 0 saturated heterocycles. The van der Waals surface area contributed by atoms with Crippen molar-refractivity contribution in [2.24, 2.45) is 5.92 Å². The van der Waals surface area contributed by atoms with Crippen LogP contribution in [0.1, 0.15) is 62.2 Å². The summed E-state index contributed by atoms with van der Waals surface area (Å²) in [4.78, 5) is 40.0. The molecule has 3 aromatic carbocycles. The number of ether oxygens (including phenoxy) is 3. The Hall–Kier alpha value is -5.46. The molecule has 0 fully saturated rings. The van der Waals surface area contributed by atoms with Gasteiger partial charge in [-0.3, -0.25) is 14.4 Å². The molecule has 1 aliphatic carbocycles. The second-order valence-corrected chi connectivity index (χ2v) is 12.1. The second-order valence-electron chi connectivity index (χ2n) is 12.1. The third-order valence-corrected chi connectivity index (χ3v) is 8.97. The summed E-state index contributed by atoms with van der Waals surface area (Å²) < 4.78 is 17.2. The van der Waals surface area contributed by atoms with Gasteiger partial charge in [0.2, 0.25) is 23.0 Å². The van der Waals surface area contributed by atoms with E-state index in [0.29, 0.717) is 65.6 Å². The highest BCUT2D eigenvalue weighted by Gasteiger charge is 2.30. The maximum absolute atomic E-state index is 13.9. The number of aryl methyl sites for hydroxylation is 3. The van der Waals surface area contributed by atoms with Crippen LogP contribution in [0, 0.1) is 5.92 Å². The fraction of sp³-hybridized carbons (Fsp3) is 0.389. The van der Waals surface area contributed by atoms with Crippen molar-refractivity contribution >= 4 is 23.2 Å². The van der Waals surface area contributed by atoms with Gasteiger partial charge in [0.15, 0.2) is 17.3 Å². The molecule has 13 heteroatoms. The van der Waals surface area contributed by atoms with Crippen LogP contribution in [0.4, 0.5) is 11.4 Å². The first-order valence-corrected chi connectivity index (χ1v) is 16.3. The number of hydrogen-bond donors (Lipinski definition) is 4. The number of fused-ring (bicyclic) bond motifs is 3. The van der Waals surface area contributed by atoms with Crippen LogP contribution in [0.2, 0.25) is 0 Å². The van der Waals surface area contributed by atoms with Gasteiger partial charge in [-0.1, -0.05) is 43.7 Å². The van der Waals surface area contributed by atoms with Gasteiger partial charge in [0.05, 0.1) is 33.1 Å². The highest BCUT2D eigenvalue weighted by Crippen LogP contribution is 2.50. The number of nitrogens with zero attached hydrogens (tertiary/aromatic N) is 3. The zero-order chi connectivity index (χ0) is 35.1. The Morgan fingerprint density at radius 3 is 2.39 bits per heavy atom. The minimum atomic E-state index is -0.713. The van der Waals surface area contributed by atoms with E-state index in [-0.39, 0.29) is 28.8 Å². The van der Waals surface area contributed by atoms with E-state index in [2.05, 4.69) is 36.6 Å². The van der Waals surface area contributed by atoms with Crippen molar-refractivity contribution in [1.82, 2.24) is 25.9 Å². The average molecular weight is 670 g/mol. The summed E-state index contributed by atoms with van der Waals surface area (Å²) in [6.07, 6.45) is 3.19. The molecule has 0 unspecified atom stereocenters. The molecule has 13 nitrogen and oxygen atoms in total. The Morgan fingerprint density at radius 1 is 1.00 bits per heavy atom. The van der Waals surface area contributed by atoms with Crippen LogP contribution in [0.5, 0.6) is 17.2 Å². The third kappa shape index (κ3) is 7.82. The van der Waals surface area contributed by atoms with Gasteiger partial charge in [-0.05, 0) is 77.8 Å². The van der Waals surface area contributed by atoms with Gasteiger partial charge >= 0.3 is 0 Å². The first-order chi connectivity index (χ1) is 23.7. The number of rotatable bonds is 13. The molecular formula is C36H43N7O6. The van der Waals surface area contributed by atoms with Crippen LogP contribution in [0.3, 0.4) is 0 Å². The van der Waals surface area contributed by atoms with Crippen molar-refractivity contribution in [2.75, 3.05) is 32.0 Å². The molecule has 3 atom stereocenters. The summed E-state index contributed by atoms with van der Waals surface area (Å²) in [7, 11) is 4.66. The number of H-pyrrole nitrogens is 1. The number of amides is 2. The molecule has 0 saturated carbocycles. The first kappa shape index (κ1) is 34.9. The summed E-state index contributed by atoms with van der Waals surface area (Å²) in [5.41, 5.74) is 4.68. The van der Waals surface area contributed by atoms with E-state index in [1.54, 1.807) is 33.5 Å². The van der Waals surface area contributed by atoms with Gasteiger partial charge in [0.25, 0.3) is 0 Å². The van der Waals surface area contributed by atoms with Gasteiger partial charge < -0.3 is 30.2 Å². The molecule has 0 aliphatic heterocycles. The van der Waals surface area contributed by atoms with Crippen molar-refractivity contribution in [2.45, 2.75) is 65.0 Å². The van der Waals surface area contributed by atoms with E-state index < -0.39 is 12.1 Å². The fourth-order valence-corrected chi connectivity index (χ4v) is 6.22. The zero-order valence-corrected chi connectivity index (χ0v) is 28.7. The second kappa shape index (κ2) is 15.6. The van der Waals surface area contributed by atoms with E-state index in [0.717, 1.165) is 23.1 Å². The number of carbonyl (C=O) groups is 2. The molecular weight excluding hydrogens is 626 g/mol. The van der Waals surface area contributed by atoms with Gasteiger partial charge in [-0.2, -0.15) is 5.21 Å². The lowest BCUT2D eigenvalue weighted by Crippen LogP contribution is -2.40. The van der Waals surface area contributed by atoms with Crippen molar-refractivity contribution < 1.29 is 23.8 Å². The Kier molecular flexibility index (Phi) is 11.1. The van der Waals surface area contributed by atoms with Crippen molar-refractivity contribution in [3.63, 3.8) is 0 Å². The molecule has 1 aromatic heterocycles. The van der Waals surface area contributed by atoms with Crippen molar-refractivity contribution in [1.29, 1.82) is 0 Å². The average Bonchev–Trinajstić information content (AvgIpc) is 3.52. The molecule has 2 amide bonds. The molecule has 1 aliphatic rings. The molecule has 0 bridgehead atoms. The summed E-state index contributed by atoms with van der Waals surface area (Å²) in [5, 5.41) is 23.3. The number of nitrogens with one attached hydrogen (secondary N) is 4. The summed E-state index contributed by atoms with van der Waals surface area (Å²) in [6, 6.07) is 13.4. The summed E-state index contributed by atoms with van der Waals surface area (Å²) >= 11 is 0. The maximum atomic E-state index is 13.9. The number of benzene rings is 2.